The minimum absolute atomic E-state index is 0.543. The molecule has 0 radical (unpaired) electrons. The average Bonchev–Trinajstić information content (AvgIpc) is 2.47. The zero-order valence-electron chi connectivity index (χ0n) is 7.39. The second-order valence-corrected chi connectivity index (χ2v) is 3.72. The van der Waals surface area contributed by atoms with Gasteiger partial charge in [0, 0.05) is 7.05 Å². The zero-order valence-corrected chi connectivity index (χ0v) is 8.97. The lowest BCUT2D eigenvalue weighted by molar-refractivity contribution is 0.618. The second-order valence-electron chi connectivity index (χ2n) is 2.86. The summed E-state index contributed by atoms with van der Waals surface area (Å²) in [6.07, 6.45) is 0. The molecule has 1 aromatic carbocycles. The van der Waals surface area contributed by atoms with Crippen LogP contribution in [0.15, 0.2) is 21.0 Å². The maximum absolute atomic E-state index is 5.43. The Kier molecular flexibility index (Phi) is 2.00. The summed E-state index contributed by atoms with van der Waals surface area (Å²) in [5.74, 6) is 0. The first-order valence-corrected chi connectivity index (χ1v) is 4.74. The van der Waals surface area contributed by atoms with Crippen LogP contribution in [-0.4, -0.2) is 12.0 Å². The third kappa shape index (κ3) is 1.42. The van der Waals surface area contributed by atoms with Gasteiger partial charge >= 0.3 is 0 Å². The van der Waals surface area contributed by atoms with Gasteiger partial charge in [0.25, 0.3) is 6.01 Å². The van der Waals surface area contributed by atoms with Crippen LogP contribution in [0.2, 0.25) is 0 Å². The Bertz CT molecular complexity index is 450. The highest BCUT2D eigenvalue weighted by Crippen LogP contribution is 2.27. The summed E-state index contributed by atoms with van der Waals surface area (Å²) in [6, 6.07) is 4.54. The molecule has 4 heteroatoms. The van der Waals surface area contributed by atoms with E-state index in [2.05, 4.69) is 26.2 Å². The smallest absolute Gasteiger partial charge is 0.295 e. The summed E-state index contributed by atoms with van der Waals surface area (Å²) in [7, 11) is 1.78. The number of benzene rings is 1. The van der Waals surface area contributed by atoms with Gasteiger partial charge in [-0.2, -0.15) is 4.98 Å². The van der Waals surface area contributed by atoms with Gasteiger partial charge in [0.05, 0.1) is 4.47 Å². The van der Waals surface area contributed by atoms with Crippen LogP contribution >= 0.6 is 15.9 Å². The molecule has 0 saturated carbocycles. The van der Waals surface area contributed by atoms with Crippen LogP contribution < -0.4 is 5.32 Å². The summed E-state index contributed by atoms with van der Waals surface area (Å²) in [6.45, 7) is 2.03. The van der Waals surface area contributed by atoms with Crippen molar-refractivity contribution in [3.8, 4) is 0 Å². The van der Waals surface area contributed by atoms with E-state index in [1.807, 2.05) is 19.1 Å². The maximum Gasteiger partial charge on any atom is 0.295 e. The molecule has 0 fully saturated rings. The van der Waals surface area contributed by atoms with Crippen LogP contribution in [0, 0.1) is 6.92 Å². The molecule has 1 N–H and O–H groups in total. The van der Waals surface area contributed by atoms with Gasteiger partial charge in [-0.05, 0) is 40.5 Å². The van der Waals surface area contributed by atoms with Gasteiger partial charge in [0.15, 0.2) is 5.58 Å². The third-order valence-corrected chi connectivity index (χ3v) is 2.39. The van der Waals surface area contributed by atoms with Crippen molar-refractivity contribution >= 4 is 33.0 Å². The number of aryl methyl sites for hydroxylation is 1. The first kappa shape index (κ1) is 8.56. The fourth-order valence-electron chi connectivity index (χ4n) is 1.23. The van der Waals surface area contributed by atoms with Gasteiger partial charge in [-0.3, -0.25) is 0 Å². The molecule has 0 aliphatic heterocycles. The summed E-state index contributed by atoms with van der Waals surface area (Å²) in [5, 5.41) is 2.86. The van der Waals surface area contributed by atoms with Crippen LogP contribution in [0.3, 0.4) is 0 Å². The Labute approximate surface area is 84.3 Å². The number of halogens is 1. The highest BCUT2D eigenvalue weighted by atomic mass is 79.9. The molecular formula is C9H9BrN2O. The molecule has 0 aliphatic rings. The number of rotatable bonds is 1. The Morgan fingerprint density at radius 2 is 2.23 bits per heavy atom. The van der Waals surface area contributed by atoms with Crippen molar-refractivity contribution in [2.75, 3.05) is 12.4 Å². The fourth-order valence-corrected chi connectivity index (χ4v) is 1.88. The second kappa shape index (κ2) is 3.03. The van der Waals surface area contributed by atoms with E-state index in [0.29, 0.717) is 6.01 Å². The van der Waals surface area contributed by atoms with Crippen LogP contribution in [-0.2, 0) is 0 Å². The molecule has 0 saturated heterocycles. The highest BCUT2D eigenvalue weighted by Gasteiger charge is 2.07. The lowest BCUT2D eigenvalue weighted by atomic mass is 10.2. The quantitative estimate of drug-likeness (QED) is 0.834. The van der Waals surface area contributed by atoms with Crippen molar-refractivity contribution in [3.05, 3.63) is 22.2 Å². The molecule has 0 aliphatic carbocycles. The van der Waals surface area contributed by atoms with Crippen molar-refractivity contribution in [2.24, 2.45) is 0 Å². The van der Waals surface area contributed by atoms with Crippen LogP contribution in [0.4, 0.5) is 6.01 Å². The minimum atomic E-state index is 0.543. The predicted octanol–water partition coefficient (Wildman–Crippen LogP) is 2.94. The summed E-state index contributed by atoms with van der Waals surface area (Å²) >= 11 is 3.43. The maximum atomic E-state index is 5.43. The number of hydrogen-bond acceptors (Lipinski definition) is 3. The number of nitrogens with zero attached hydrogens (tertiary/aromatic N) is 1. The van der Waals surface area contributed by atoms with Crippen molar-refractivity contribution in [2.45, 2.75) is 6.92 Å². The molecule has 1 aromatic heterocycles. The molecule has 2 rings (SSSR count). The topological polar surface area (TPSA) is 38.1 Å². The monoisotopic (exact) mass is 240 g/mol. The van der Waals surface area contributed by atoms with E-state index >= 15 is 0 Å². The van der Waals surface area contributed by atoms with Crippen LogP contribution in [0.1, 0.15) is 5.56 Å². The van der Waals surface area contributed by atoms with Crippen molar-refractivity contribution in [3.63, 3.8) is 0 Å². The van der Waals surface area contributed by atoms with Gasteiger partial charge in [0.1, 0.15) is 5.52 Å². The van der Waals surface area contributed by atoms with E-state index in [0.717, 1.165) is 21.1 Å². The van der Waals surface area contributed by atoms with E-state index < -0.39 is 0 Å². The van der Waals surface area contributed by atoms with E-state index in [1.54, 1.807) is 7.05 Å². The number of oxazole rings is 1. The van der Waals surface area contributed by atoms with E-state index in [1.165, 1.54) is 0 Å². The number of hydrogen-bond donors (Lipinski definition) is 1. The molecule has 0 bridgehead atoms. The number of aromatic nitrogens is 1. The summed E-state index contributed by atoms with van der Waals surface area (Å²) in [5.41, 5.74) is 2.82. The average molecular weight is 241 g/mol. The number of fused-ring (bicyclic) bond motifs is 1. The first-order chi connectivity index (χ1) is 6.20. The molecule has 13 heavy (non-hydrogen) atoms. The molecule has 1 heterocycles. The van der Waals surface area contributed by atoms with Crippen molar-refractivity contribution < 1.29 is 4.42 Å². The van der Waals surface area contributed by atoms with Crippen molar-refractivity contribution in [1.29, 1.82) is 0 Å². The molecule has 68 valence electrons. The SMILES string of the molecule is CNc1nc2cc(C)cc(Br)c2o1. The number of nitrogens with one attached hydrogen (secondary N) is 1. The summed E-state index contributed by atoms with van der Waals surface area (Å²) in [4.78, 5) is 4.25. The highest BCUT2D eigenvalue weighted by molar-refractivity contribution is 9.10. The Morgan fingerprint density at radius 1 is 1.46 bits per heavy atom. The molecule has 0 amide bonds. The molecule has 0 unspecified atom stereocenters. The standard InChI is InChI=1S/C9H9BrN2O/c1-5-3-6(10)8-7(4-5)12-9(11-2)13-8/h3-4H,1-2H3,(H,11,12). The molecule has 2 aromatic rings. The zero-order chi connectivity index (χ0) is 9.42. The fraction of sp³-hybridized carbons (Fsp3) is 0.222. The number of anilines is 1. The normalized spacial score (nSPS) is 10.7. The van der Waals surface area contributed by atoms with E-state index in [-0.39, 0.29) is 0 Å². The van der Waals surface area contributed by atoms with E-state index in [9.17, 15) is 0 Å². The van der Waals surface area contributed by atoms with Gasteiger partial charge in [-0.25, -0.2) is 0 Å². The van der Waals surface area contributed by atoms with Gasteiger partial charge in [-0.1, -0.05) is 0 Å². The third-order valence-electron chi connectivity index (χ3n) is 1.80. The predicted molar refractivity (Wildman–Crippen MR) is 56.0 cm³/mol. The lowest BCUT2D eigenvalue weighted by Gasteiger charge is -1.93. The first-order valence-electron chi connectivity index (χ1n) is 3.95. The van der Waals surface area contributed by atoms with Crippen LogP contribution in [0.5, 0.6) is 0 Å². The Hall–Kier alpha value is -1.03. The molecule has 3 nitrogen and oxygen atoms in total. The minimum Gasteiger partial charge on any atom is -0.422 e. The van der Waals surface area contributed by atoms with Gasteiger partial charge in [-0.15, -0.1) is 0 Å². The van der Waals surface area contributed by atoms with Crippen molar-refractivity contribution in [1.82, 2.24) is 4.98 Å². The molecular weight excluding hydrogens is 232 g/mol. The summed E-state index contributed by atoms with van der Waals surface area (Å²) < 4.78 is 6.38. The molecule has 0 spiro atoms. The Morgan fingerprint density at radius 3 is 2.92 bits per heavy atom. The van der Waals surface area contributed by atoms with Crippen LogP contribution in [0.25, 0.3) is 11.1 Å². The van der Waals surface area contributed by atoms with E-state index in [4.69, 9.17) is 4.42 Å². The lowest BCUT2D eigenvalue weighted by Crippen LogP contribution is -1.85. The van der Waals surface area contributed by atoms with Gasteiger partial charge < -0.3 is 9.73 Å². The largest absolute Gasteiger partial charge is 0.422 e. The molecule has 0 atom stereocenters. The Balaban J connectivity index is 2.75. The van der Waals surface area contributed by atoms with Gasteiger partial charge in [0.2, 0.25) is 0 Å².